The number of carbonyl (C=O) groups excluding carboxylic acids is 2. The number of hydrogen-bond donors (Lipinski definition) is 1. The predicted octanol–water partition coefficient (Wildman–Crippen LogP) is 1.42. The first-order valence-corrected chi connectivity index (χ1v) is 5.37. The molecule has 4 heteroatoms. The minimum Gasteiger partial charge on any atom is -0.362 e. The van der Waals surface area contributed by atoms with Crippen LogP contribution in [0, 0.1) is 0 Å². The first kappa shape index (κ1) is 10.7. The highest BCUT2D eigenvalue weighted by Crippen LogP contribution is 2.25. The summed E-state index contributed by atoms with van der Waals surface area (Å²) in [6, 6.07) is 7.53. The van der Waals surface area contributed by atoms with Crippen molar-refractivity contribution in [2.24, 2.45) is 0 Å². The molecular weight excluding hydrogens is 204 g/mol. The van der Waals surface area contributed by atoms with Gasteiger partial charge in [-0.15, -0.1) is 0 Å². The third-order valence-electron chi connectivity index (χ3n) is 2.88. The van der Waals surface area contributed by atoms with E-state index in [2.05, 4.69) is 10.2 Å². The Hall–Kier alpha value is -1.84. The Morgan fingerprint density at radius 2 is 2.00 bits per heavy atom. The van der Waals surface area contributed by atoms with Gasteiger partial charge in [0.05, 0.1) is 6.04 Å². The van der Waals surface area contributed by atoms with Crippen molar-refractivity contribution < 1.29 is 9.59 Å². The Morgan fingerprint density at radius 1 is 1.25 bits per heavy atom. The standard InChI is InChI=1S/C12H14N2O2/c15-8-12-2-1-7-14(12)11-5-3-10(4-6-11)13-9-16/h3-6,8-9,12H,1-2,7H2,(H,13,16). The first-order valence-electron chi connectivity index (χ1n) is 5.37. The molecule has 16 heavy (non-hydrogen) atoms. The number of carbonyl (C=O) groups is 2. The van der Waals surface area contributed by atoms with Crippen LogP contribution < -0.4 is 10.2 Å². The van der Waals surface area contributed by atoms with Crippen molar-refractivity contribution >= 4 is 24.1 Å². The van der Waals surface area contributed by atoms with Crippen molar-refractivity contribution in [1.82, 2.24) is 0 Å². The first-order chi connectivity index (χ1) is 7.85. The fourth-order valence-electron chi connectivity index (χ4n) is 2.07. The summed E-state index contributed by atoms with van der Waals surface area (Å²) in [6.07, 6.45) is 3.64. The summed E-state index contributed by atoms with van der Waals surface area (Å²) in [4.78, 5) is 23.2. The van der Waals surface area contributed by atoms with Crippen molar-refractivity contribution in [1.29, 1.82) is 0 Å². The van der Waals surface area contributed by atoms with Crippen LogP contribution in [0.5, 0.6) is 0 Å². The molecule has 84 valence electrons. The molecule has 1 aromatic carbocycles. The quantitative estimate of drug-likeness (QED) is 0.777. The van der Waals surface area contributed by atoms with Crippen LogP contribution >= 0.6 is 0 Å². The third kappa shape index (κ3) is 2.05. The van der Waals surface area contributed by atoms with Gasteiger partial charge in [0.1, 0.15) is 6.29 Å². The van der Waals surface area contributed by atoms with Crippen molar-refractivity contribution in [3.05, 3.63) is 24.3 Å². The van der Waals surface area contributed by atoms with Gasteiger partial charge in [-0.2, -0.15) is 0 Å². The molecule has 0 radical (unpaired) electrons. The molecule has 1 unspecified atom stereocenters. The average molecular weight is 218 g/mol. The molecule has 1 heterocycles. The fourth-order valence-corrected chi connectivity index (χ4v) is 2.07. The van der Waals surface area contributed by atoms with E-state index >= 15 is 0 Å². The second-order valence-electron chi connectivity index (χ2n) is 3.85. The van der Waals surface area contributed by atoms with E-state index in [1.807, 2.05) is 24.3 Å². The Balaban J connectivity index is 2.14. The third-order valence-corrected chi connectivity index (χ3v) is 2.88. The summed E-state index contributed by atoms with van der Waals surface area (Å²) in [7, 11) is 0. The highest BCUT2D eigenvalue weighted by molar-refractivity contribution is 5.73. The smallest absolute Gasteiger partial charge is 0.211 e. The largest absolute Gasteiger partial charge is 0.362 e. The van der Waals surface area contributed by atoms with E-state index in [4.69, 9.17) is 0 Å². The zero-order chi connectivity index (χ0) is 11.4. The summed E-state index contributed by atoms with van der Waals surface area (Å²) < 4.78 is 0. The van der Waals surface area contributed by atoms with Gasteiger partial charge in [-0.25, -0.2) is 0 Å². The summed E-state index contributed by atoms with van der Waals surface area (Å²) >= 11 is 0. The van der Waals surface area contributed by atoms with Gasteiger partial charge in [0.25, 0.3) is 0 Å². The van der Waals surface area contributed by atoms with Crippen molar-refractivity contribution in [3.63, 3.8) is 0 Å². The number of hydrogen-bond acceptors (Lipinski definition) is 3. The van der Waals surface area contributed by atoms with E-state index in [0.717, 1.165) is 37.0 Å². The number of amides is 1. The molecule has 0 saturated carbocycles. The van der Waals surface area contributed by atoms with E-state index in [9.17, 15) is 9.59 Å². The van der Waals surface area contributed by atoms with E-state index in [1.165, 1.54) is 0 Å². The zero-order valence-electron chi connectivity index (χ0n) is 8.93. The molecular formula is C12H14N2O2. The molecule has 2 rings (SSSR count). The van der Waals surface area contributed by atoms with Crippen molar-refractivity contribution in [2.75, 3.05) is 16.8 Å². The van der Waals surface area contributed by atoms with Crippen LogP contribution in [0.4, 0.5) is 11.4 Å². The van der Waals surface area contributed by atoms with Gasteiger partial charge < -0.3 is 15.0 Å². The molecule has 1 aromatic rings. The predicted molar refractivity (Wildman–Crippen MR) is 62.6 cm³/mol. The van der Waals surface area contributed by atoms with E-state index < -0.39 is 0 Å². The maximum Gasteiger partial charge on any atom is 0.211 e. The van der Waals surface area contributed by atoms with Gasteiger partial charge in [-0.3, -0.25) is 4.79 Å². The van der Waals surface area contributed by atoms with Crippen LogP contribution in [0.1, 0.15) is 12.8 Å². The minimum atomic E-state index is 0.00452. The summed E-state index contributed by atoms with van der Waals surface area (Å²) in [5, 5.41) is 2.58. The fraction of sp³-hybridized carbons (Fsp3) is 0.333. The van der Waals surface area contributed by atoms with Gasteiger partial charge in [0.15, 0.2) is 0 Å². The van der Waals surface area contributed by atoms with E-state index in [0.29, 0.717) is 6.41 Å². The van der Waals surface area contributed by atoms with Gasteiger partial charge in [-0.1, -0.05) is 0 Å². The van der Waals surface area contributed by atoms with Crippen molar-refractivity contribution in [3.8, 4) is 0 Å². The van der Waals surface area contributed by atoms with Crippen LogP contribution in [0.15, 0.2) is 24.3 Å². The molecule has 1 fully saturated rings. The lowest BCUT2D eigenvalue weighted by Gasteiger charge is -2.22. The summed E-state index contributed by atoms with van der Waals surface area (Å²) in [6.45, 7) is 0.920. The summed E-state index contributed by atoms with van der Waals surface area (Å²) in [5.74, 6) is 0. The number of benzene rings is 1. The van der Waals surface area contributed by atoms with E-state index in [-0.39, 0.29) is 6.04 Å². The molecule has 0 aromatic heterocycles. The second kappa shape index (κ2) is 4.79. The lowest BCUT2D eigenvalue weighted by molar-refractivity contribution is -0.108. The zero-order valence-corrected chi connectivity index (χ0v) is 8.93. The molecule has 1 saturated heterocycles. The Bertz CT molecular complexity index is 375. The summed E-state index contributed by atoms with van der Waals surface area (Å²) in [5.41, 5.74) is 1.80. The highest BCUT2D eigenvalue weighted by Gasteiger charge is 2.23. The number of aldehydes is 1. The van der Waals surface area contributed by atoms with Gasteiger partial charge in [-0.05, 0) is 37.1 Å². The van der Waals surface area contributed by atoms with Crippen LogP contribution in [0.2, 0.25) is 0 Å². The van der Waals surface area contributed by atoms with Crippen molar-refractivity contribution in [2.45, 2.75) is 18.9 Å². The van der Waals surface area contributed by atoms with Gasteiger partial charge >= 0.3 is 0 Å². The SMILES string of the molecule is O=CNc1ccc(N2CCCC2C=O)cc1. The molecule has 0 aliphatic carbocycles. The lowest BCUT2D eigenvalue weighted by Crippen LogP contribution is -2.30. The molecule has 1 atom stereocenters. The molecule has 0 spiro atoms. The maximum atomic E-state index is 10.9. The Kier molecular flexibility index (Phi) is 3.19. The molecule has 0 bridgehead atoms. The van der Waals surface area contributed by atoms with E-state index in [1.54, 1.807) is 0 Å². The Labute approximate surface area is 94.2 Å². The normalized spacial score (nSPS) is 19.5. The number of anilines is 2. The molecule has 4 nitrogen and oxygen atoms in total. The van der Waals surface area contributed by atoms with Crippen LogP contribution in [-0.2, 0) is 9.59 Å². The molecule has 1 amide bonds. The molecule has 1 N–H and O–H groups in total. The van der Waals surface area contributed by atoms with Gasteiger partial charge in [0, 0.05) is 17.9 Å². The number of rotatable bonds is 4. The monoisotopic (exact) mass is 218 g/mol. The lowest BCUT2D eigenvalue weighted by atomic mass is 10.2. The molecule has 1 aliphatic rings. The molecule has 1 aliphatic heterocycles. The van der Waals surface area contributed by atoms with Crippen LogP contribution in [0.3, 0.4) is 0 Å². The number of nitrogens with one attached hydrogen (secondary N) is 1. The van der Waals surface area contributed by atoms with Crippen LogP contribution in [0.25, 0.3) is 0 Å². The second-order valence-corrected chi connectivity index (χ2v) is 3.85. The highest BCUT2D eigenvalue weighted by atomic mass is 16.1. The van der Waals surface area contributed by atoms with Gasteiger partial charge in [0.2, 0.25) is 6.41 Å². The average Bonchev–Trinajstić information content (AvgIpc) is 2.78. The maximum absolute atomic E-state index is 10.9. The number of nitrogens with zero attached hydrogens (tertiary/aromatic N) is 1. The van der Waals surface area contributed by atoms with Crippen LogP contribution in [-0.4, -0.2) is 25.3 Å². The Morgan fingerprint density at radius 3 is 2.62 bits per heavy atom. The topological polar surface area (TPSA) is 49.4 Å². The minimum absolute atomic E-state index is 0.00452.